The predicted molar refractivity (Wildman–Crippen MR) is 112 cm³/mol. The normalized spacial score (nSPS) is 11.3. The molecule has 136 valence electrons. The molecule has 26 heavy (non-hydrogen) atoms. The van der Waals surface area contributed by atoms with Crippen LogP contribution in [0.3, 0.4) is 0 Å². The van der Waals surface area contributed by atoms with E-state index in [4.69, 9.17) is 9.97 Å². The fraction of sp³-hybridized carbons (Fsp3) is 0.391. The molecule has 3 aromatic rings. The molecule has 0 atom stereocenters. The molecule has 1 heterocycles. The van der Waals surface area contributed by atoms with Crippen molar-refractivity contribution < 1.29 is 0 Å². The molecule has 0 spiro atoms. The molecule has 0 radical (unpaired) electrons. The van der Waals surface area contributed by atoms with Crippen molar-refractivity contribution in [3.8, 4) is 11.3 Å². The van der Waals surface area contributed by atoms with Crippen molar-refractivity contribution in [3.05, 3.63) is 53.9 Å². The number of nitrogens with zero attached hydrogens (tertiary/aromatic N) is 2. The van der Waals surface area contributed by atoms with Gasteiger partial charge in [0, 0.05) is 11.6 Å². The van der Waals surface area contributed by atoms with Gasteiger partial charge in [-0.2, -0.15) is 0 Å². The minimum atomic E-state index is 0.447. The van der Waals surface area contributed by atoms with E-state index in [2.05, 4.69) is 75.5 Å². The predicted octanol–water partition coefficient (Wildman–Crippen LogP) is 6.02. The van der Waals surface area contributed by atoms with Crippen LogP contribution in [0.15, 0.2) is 42.5 Å². The average molecular weight is 348 g/mol. The van der Waals surface area contributed by atoms with Crippen LogP contribution in [0.25, 0.3) is 22.0 Å². The van der Waals surface area contributed by atoms with Crippen LogP contribution in [0.1, 0.15) is 51.9 Å². The Morgan fingerprint density at radius 3 is 2.19 bits per heavy atom. The second-order valence-corrected chi connectivity index (χ2v) is 6.71. The van der Waals surface area contributed by atoms with Gasteiger partial charge in [0.1, 0.15) is 5.82 Å². The molecule has 0 aliphatic heterocycles. The number of aromatic nitrogens is 2. The third-order valence-corrected chi connectivity index (χ3v) is 5.08. The SMILES string of the molecule is CCc1nc(-c2cccc3ccccc23)c(CC)nc1NC(CC)CC. The fourth-order valence-corrected chi connectivity index (χ4v) is 3.45. The van der Waals surface area contributed by atoms with E-state index in [0.717, 1.165) is 48.6 Å². The van der Waals surface area contributed by atoms with Gasteiger partial charge in [-0.15, -0.1) is 0 Å². The first-order valence-corrected chi connectivity index (χ1v) is 9.86. The van der Waals surface area contributed by atoms with Crippen LogP contribution < -0.4 is 5.32 Å². The molecule has 0 aliphatic rings. The van der Waals surface area contributed by atoms with Crippen LogP contribution in [0.5, 0.6) is 0 Å². The highest BCUT2D eigenvalue weighted by Gasteiger charge is 2.16. The van der Waals surface area contributed by atoms with Crippen LogP contribution in [0.4, 0.5) is 5.82 Å². The Labute approximate surface area is 156 Å². The zero-order valence-corrected chi connectivity index (χ0v) is 16.3. The van der Waals surface area contributed by atoms with E-state index in [-0.39, 0.29) is 0 Å². The monoisotopic (exact) mass is 347 g/mol. The first-order valence-electron chi connectivity index (χ1n) is 9.86. The van der Waals surface area contributed by atoms with Gasteiger partial charge in [0.25, 0.3) is 0 Å². The minimum absolute atomic E-state index is 0.447. The average Bonchev–Trinajstić information content (AvgIpc) is 2.71. The Morgan fingerprint density at radius 2 is 1.50 bits per heavy atom. The first-order chi connectivity index (χ1) is 12.7. The Hall–Kier alpha value is -2.42. The maximum Gasteiger partial charge on any atom is 0.148 e. The van der Waals surface area contributed by atoms with Crippen molar-refractivity contribution in [2.75, 3.05) is 5.32 Å². The Bertz CT molecular complexity index is 877. The quantitative estimate of drug-likeness (QED) is 0.567. The lowest BCUT2D eigenvalue weighted by Gasteiger charge is -2.20. The van der Waals surface area contributed by atoms with Crippen LogP contribution >= 0.6 is 0 Å². The van der Waals surface area contributed by atoms with Crippen molar-refractivity contribution >= 4 is 16.6 Å². The van der Waals surface area contributed by atoms with E-state index in [0.29, 0.717) is 6.04 Å². The third kappa shape index (κ3) is 3.57. The molecule has 0 amide bonds. The van der Waals surface area contributed by atoms with Gasteiger partial charge in [-0.3, -0.25) is 0 Å². The van der Waals surface area contributed by atoms with Gasteiger partial charge in [-0.05, 0) is 36.5 Å². The summed E-state index contributed by atoms with van der Waals surface area (Å²) >= 11 is 0. The zero-order chi connectivity index (χ0) is 18.5. The van der Waals surface area contributed by atoms with E-state index in [1.807, 2.05) is 0 Å². The van der Waals surface area contributed by atoms with Crippen molar-refractivity contribution in [2.24, 2.45) is 0 Å². The summed E-state index contributed by atoms with van der Waals surface area (Å²) in [5.74, 6) is 0.960. The van der Waals surface area contributed by atoms with Gasteiger partial charge in [0.05, 0.1) is 17.1 Å². The molecule has 0 bridgehead atoms. The largest absolute Gasteiger partial charge is 0.366 e. The highest BCUT2D eigenvalue weighted by Crippen LogP contribution is 2.31. The van der Waals surface area contributed by atoms with Crippen molar-refractivity contribution in [3.63, 3.8) is 0 Å². The third-order valence-electron chi connectivity index (χ3n) is 5.08. The summed E-state index contributed by atoms with van der Waals surface area (Å²) in [6.07, 6.45) is 3.92. The standard InChI is InChI=1S/C23H29N3/c1-5-17(6-2)24-23-21(8-4)25-22(20(7-3)26-23)19-15-11-13-16-12-9-10-14-18(16)19/h9-15,17H,5-8H2,1-4H3,(H,24,26). The second kappa shape index (κ2) is 8.31. The van der Waals surface area contributed by atoms with Gasteiger partial charge in [-0.1, -0.05) is 70.2 Å². The molecule has 2 aromatic carbocycles. The van der Waals surface area contributed by atoms with E-state index in [1.165, 1.54) is 16.3 Å². The molecular formula is C23H29N3. The van der Waals surface area contributed by atoms with Crippen LogP contribution in [0.2, 0.25) is 0 Å². The van der Waals surface area contributed by atoms with E-state index >= 15 is 0 Å². The van der Waals surface area contributed by atoms with Crippen LogP contribution in [-0.2, 0) is 12.8 Å². The van der Waals surface area contributed by atoms with Crippen LogP contribution in [0, 0.1) is 0 Å². The number of aryl methyl sites for hydroxylation is 2. The highest BCUT2D eigenvalue weighted by atomic mass is 15.0. The van der Waals surface area contributed by atoms with E-state index < -0.39 is 0 Å². The van der Waals surface area contributed by atoms with E-state index in [1.54, 1.807) is 0 Å². The minimum Gasteiger partial charge on any atom is -0.366 e. The summed E-state index contributed by atoms with van der Waals surface area (Å²) in [6.45, 7) is 8.74. The fourth-order valence-electron chi connectivity index (χ4n) is 3.45. The summed E-state index contributed by atoms with van der Waals surface area (Å²) in [5.41, 5.74) is 4.32. The molecule has 0 aliphatic carbocycles. The number of anilines is 1. The Balaban J connectivity index is 2.15. The van der Waals surface area contributed by atoms with Gasteiger partial charge in [-0.25, -0.2) is 9.97 Å². The molecule has 0 unspecified atom stereocenters. The van der Waals surface area contributed by atoms with Crippen molar-refractivity contribution in [2.45, 2.75) is 59.4 Å². The lowest BCUT2D eigenvalue weighted by molar-refractivity contribution is 0.665. The smallest absolute Gasteiger partial charge is 0.148 e. The van der Waals surface area contributed by atoms with Crippen molar-refractivity contribution in [1.29, 1.82) is 0 Å². The summed E-state index contributed by atoms with van der Waals surface area (Å²) in [5, 5.41) is 6.09. The number of hydrogen-bond donors (Lipinski definition) is 1. The molecule has 0 saturated heterocycles. The lowest BCUT2D eigenvalue weighted by Crippen LogP contribution is -2.20. The number of fused-ring (bicyclic) bond motifs is 1. The second-order valence-electron chi connectivity index (χ2n) is 6.71. The maximum absolute atomic E-state index is 5.08. The Morgan fingerprint density at radius 1 is 0.808 bits per heavy atom. The highest BCUT2D eigenvalue weighted by molar-refractivity contribution is 5.96. The van der Waals surface area contributed by atoms with Crippen LogP contribution in [-0.4, -0.2) is 16.0 Å². The Kier molecular flexibility index (Phi) is 5.87. The van der Waals surface area contributed by atoms with Gasteiger partial charge < -0.3 is 5.32 Å². The number of hydrogen-bond acceptors (Lipinski definition) is 3. The summed E-state index contributed by atoms with van der Waals surface area (Å²) < 4.78 is 0. The maximum atomic E-state index is 5.08. The molecule has 0 saturated carbocycles. The molecule has 1 aromatic heterocycles. The lowest BCUT2D eigenvalue weighted by atomic mass is 9.99. The topological polar surface area (TPSA) is 37.8 Å². The molecule has 0 fully saturated rings. The molecule has 3 nitrogen and oxygen atoms in total. The van der Waals surface area contributed by atoms with E-state index in [9.17, 15) is 0 Å². The molecule has 3 heteroatoms. The summed E-state index contributed by atoms with van der Waals surface area (Å²) in [7, 11) is 0. The zero-order valence-electron chi connectivity index (χ0n) is 16.3. The number of rotatable bonds is 7. The van der Waals surface area contributed by atoms with Crippen molar-refractivity contribution in [1.82, 2.24) is 9.97 Å². The summed E-state index contributed by atoms with van der Waals surface area (Å²) in [4.78, 5) is 10.1. The molecular weight excluding hydrogens is 318 g/mol. The van der Waals surface area contributed by atoms with Gasteiger partial charge >= 0.3 is 0 Å². The molecule has 3 rings (SSSR count). The summed E-state index contributed by atoms with van der Waals surface area (Å²) in [6, 6.07) is 15.4. The number of benzene rings is 2. The van der Waals surface area contributed by atoms with Gasteiger partial charge in [0.2, 0.25) is 0 Å². The molecule has 1 N–H and O–H groups in total. The van der Waals surface area contributed by atoms with Gasteiger partial charge in [0.15, 0.2) is 0 Å². The number of nitrogens with one attached hydrogen (secondary N) is 1. The first kappa shape index (κ1) is 18.4.